The number of hydrogen-bond acceptors (Lipinski definition) is 4. The van der Waals surface area contributed by atoms with Gasteiger partial charge in [-0.05, 0) is 13.8 Å². The van der Waals surface area contributed by atoms with Crippen molar-refractivity contribution in [3.63, 3.8) is 0 Å². The Morgan fingerprint density at radius 3 is 2.41 bits per heavy atom. The molecule has 3 nitrogen and oxygen atoms in total. The zero-order valence-corrected chi connectivity index (χ0v) is 12.6. The van der Waals surface area contributed by atoms with Crippen LogP contribution in [0.1, 0.15) is 44.5 Å². The van der Waals surface area contributed by atoms with Gasteiger partial charge in [-0.2, -0.15) is 0 Å². The topological polar surface area (TPSA) is 34.1 Å². The van der Waals surface area contributed by atoms with E-state index in [0.717, 1.165) is 6.54 Å². The third-order valence-corrected chi connectivity index (χ3v) is 3.86. The molecule has 0 saturated heterocycles. The maximum absolute atomic E-state index is 5.18. The van der Waals surface area contributed by atoms with Crippen LogP contribution in [0.25, 0.3) is 0 Å². The fraction of sp³-hybridized carbons (Fsp3) is 0.769. The van der Waals surface area contributed by atoms with E-state index < -0.39 is 0 Å². The van der Waals surface area contributed by atoms with E-state index in [1.807, 2.05) is 6.20 Å². The van der Waals surface area contributed by atoms with Crippen molar-refractivity contribution in [3.8, 4) is 0 Å². The van der Waals surface area contributed by atoms with Crippen LogP contribution in [0, 0.1) is 0 Å². The lowest BCUT2D eigenvalue weighted by Gasteiger charge is -2.24. The van der Waals surface area contributed by atoms with Gasteiger partial charge >= 0.3 is 0 Å². The number of methoxy groups -OCH3 is 1. The Balaban J connectivity index is 2.56. The standard InChI is InChI=1S/C13H24N2OS/c1-12(2,3)11-14-7-10(17-11)8-15-13(4,5)9-16-6/h7,15H,8-9H2,1-6H3. The molecule has 4 heteroatoms. The molecule has 1 rings (SSSR count). The summed E-state index contributed by atoms with van der Waals surface area (Å²) in [6, 6.07) is 0. The van der Waals surface area contributed by atoms with Crippen LogP contribution in [0.15, 0.2) is 6.20 Å². The molecule has 0 aliphatic carbocycles. The summed E-state index contributed by atoms with van der Waals surface area (Å²) in [5, 5.41) is 4.68. The van der Waals surface area contributed by atoms with E-state index in [9.17, 15) is 0 Å². The largest absolute Gasteiger partial charge is 0.383 e. The Morgan fingerprint density at radius 1 is 1.29 bits per heavy atom. The highest BCUT2D eigenvalue weighted by atomic mass is 32.1. The fourth-order valence-corrected chi connectivity index (χ4v) is 2.38. The Labute approximate surface area is 109 Å². The van der Waals surface area contributed by atoms with Crippen LogP contribution in [0.4, 0.5) is 0 Å². The predicted octanol–water partition coefficient (Wildman–Crippen LogP) is 2.96. The van der Waals surface area contributed by atoms with E-state index in [1.54, 1.807) is 18.4 Å². The first kappa shape index (κ1) is 14.6. The quantitative estimate of drug-likeness (QED) is 0.879. The molecule has 0 aliphatic heterocycles. The van der Waals surface area contributed by atoms with Crippen molar-refractivity contribution < 1.29 is 4.74 Å². The first-order chi connectivity index (χ1) is 7.74. The molecule has 0 bridgehead atoms. The summed E-state index contributed by atoms with van der Waals surface area (Å²) in [6.07, 6.45) is 1.97. The zero-order chi connectivity index (χ0) is 13.1. The van der Waals surface area contributed by atoms with Crippen molar-refractivity contribution in [1.29, 1.82) is 0 Å². The molecule has 0 amide bonds. The Bertz CT molecular complexity index is 353. The Kier molecular flexibility index (Phi) is 4.69. The van der Waals surface area contributed by atoms with Crippen LogP contribution in [0.2, 0.25) is 0 Å². The molecule has 98 valence electrons. The van der Waals surface area contributed by atoms with Gasteiger partial charge in [-0.15, -0.1) is 11.3 Å². The maximum Gasteiger partial charge on any atom is 0.0981 e. The minimum Gasteiger partial charge on any atom is -0.383 e. The van der Waals surface area contributed by atoms with Gasteiger partial charge < -0.3 is 10.1 Å². The van der Waals surface area contributed by atoms with Gasteiger partial charge in [0.25, 0.3) is 0 Å². The summed E-state index contributed by atoms with van der Waals surface area (Å²) in [6.45, 7) is 12.4. The van der Waals surface area contributed by atoms with E-state index in [-0.39, 0.29) is 11.0 Å². The lowest BCUT2D eigenvalue weighted by molar-refractivity contribution is 0.128. The molecule has 1 aromatic heterocycles. The lowest BCUT2D eigenvalue weighted by Crippen LogP contribution is -2.42. The molecule has 0 fully saturated rings. The summed E-state index contributed by atoms with van der Waals surface area (Å²) in [7, 11) is 1.73. The highest BCUT2D eigenvalue weighted by Crippen LogP contribution is 2.26. The average molecular weight is 256 g/mol. The summed E-state index contributed by atoms with van der Waals surface area (Å²) < 4.78 is 5.18. The lowest BCUT2D eigenvalue weighted by atomic mass is 9.98. The fourth-order valence-electron chi connectivity index (χ4n) is 1.47. The van der Waals surface area contributed by atoms with Crippen LogP contribution in [0.3, 0.4) is 0 Å². The Hall–Kier alpha value is -0.450. The smallest absolute Gasteiger partial charge is 0.0981 e. The molecule has 0 atom stereocenters. The molecule has 0 aliphatic rings. The number of ether oxygens (including phenoxy) is 1. The third-order valence-electron chi connectivity index (χ3n) is 2.44. The number of rotatable bonds is 5. The molecule has 0 aromatic carbocycles. The van der Waals surface area contributed by atoms with E-state index in [1.165, 1.54) is 9.88 Å². The van der Waals surface area contributed by atoms with Crippen molar-refractivity contribution in [2.45, 2.75) is 52.1 Å². The maximum atomic E-state index is 5.18. The van der Waals surface area contributed by atoms with E-state index in [2.05, 4.69) is 44.9 Å². The second kappa shape index (κ2) is 5.46. The average Bonchev–Trinajstić information content (AvgIpc) is 2.62. The van der Waals surface area contributed by atoms with Crippen molar-refractivity contribution in [2.24, 2.45) is 0 Å². The SMILES string of the molecule is COCC(C)(C)NCc1cnc(C(C)(C)C)s1. The second-order valence-electron chi connectivity index (χ2n) is 6.05. The van der Waals surface area contributed by atoms with Crippen molar-refractivity contribution in [1.82, 2.24) is 10.3 Å². The molecule has 0 saturated carbocycles. The second-order valence-corrected chi connectivity index (χ2v) is 7.17. The minimum absolute atomic E-state index is 0.000631. The van der Waals surface area contributed by atoms with Gasteiger partial charge in [0, 0.05) is 35.7 Å². The van der Waals surface area contributed by atoms with Crippen molar-refractivity contribution >= 4 is 11.3 Å². The first-order valence-corrected chi connectivity index (χ1v) is 6.75. The van der Waals surface area contributed by atoms with Crippen LogP contribution >= 0.6 is 11.3 Å². The van der Waals surface area contributed by atoms with Crippen LogP contribution in [-0.4, -0.2) is 24.2 Å². The van der Waals surface area contributed by atoms with E-state index >= 15 is 0 Å². The van der Waals surface area contributed by atoms with Gasteiger partial charge in [0.2, 0.25) is 0 Å². The normalized spacial score (nSPS) is 13.1. The van der Waals surface area contributed by atoms with Crippen LogP contribution in [0.5, 0.6) is 0 Å². The first-order valence-electron chi connectivity index (χ1n) is 5.94. The summed E-state index contributed by atoms with van der Waals surface area (Å²) in [5.41, 5.74) is 0.144. The van der Waals surface area contributed by atoms with Gasteiger partial charge in [0.1, 0.15) is 0 Å². The van der Waals surface area contributed by atoms with Gasteiger partial charge in [0.15, 0.2) is 0 Å². The molecule has 0 radical (unpaired) electrons. The molecule has 1 aromatic rings. The number of aromatic nitrogens is 1. The Morgan fingerprint density at radius 2 is 1.94 bits per heavy atom. The van der Waals surface area contributed by atoms with Gasteiger partial charge in [-0.1, -0.05) is 20.8 Å². The molecular formula is C13H24N2OS. The zero-order valence-electron chi connectivity index (χ0n) is 11.8. The molecular weight excluding hydrogens is 232 g/mol. The van der Waals surface area contributed by atoms with Gasteiger partial charge in [0.05, 0.1) is 11.6 Å². The molecule has 1 N–H and O–H groups in total. The number of nitrogens with zero attached hydrogens (tertiary/aromatic N) is 1. The number of hydrogen-bond donors (Lipinski definition) is 1. The predicted molar refractivity (Wildman–Crippen MR) is 73.6 cm³/mol. The van der Waals surface area contributed by atoms with Gasteiger partial charge in [-0.3, -0.25) is 0 Å². The summed E-state index contributed by atoms with van der Waals surface area (Å²) in [4.78, 5) is 5.76. The highest BCUT2D eigenvalue weighted by Gasteiger charge is 2.20. The van der Waals surface area contributed by atoms with E-state index in [4.69, 9.17) is 4.74 Å². The molecule has 0 spiro atoms. The molecule has 1 heterocycles. The van der Waals surface area contributed by atoms with Crippen molar-refractivity contribution in [2.75, 3.05) is 13.7 Å². The highest BCUT2D eigenvalue weighted by molar-refractivity contribution is 7.11. The molecule has 0 unspecified atom stereocenters. The number of thiazole rings is 1. The summed E-state index contributed by atoms with van der Waals surface area (Å²) in [5.74, 6) is 0. The van der Waals surface area contributed by atoms with Crippen LogP contribution in [-0.2, 0) is 16.7 Å². The van der Waals surface area contributed by atoms with Crippen LogP contribution < -0.4 is 5.32 Å². The van der Waals surface area contributed by atoms with Gasteiger partial charge in [-0.25, -0.2) is 4.98 Å². The molecule has 17 heavy (non-hydrogen) atoms. The number of nitrogens with one attached hydrogen (secondary N) is 1. The summed E-state index contributed by atoms with van der Waals surface area (Å²) >= 11 is 1.78. The third kappa shape index (κ3) is 4.74. The monoisotopic (exact) mass is 256 g/mol. The van der Waals surface area contributed by atoms with Crippen molar-refractivity contribution in [3.05, 3.63) is 16.1 Å². The van der Waals surface area contributed by atoms with E-state index in [0.29, 0.717) is 6.61 Å². The minimum atomic E-state index is 0.000631.